The monoisotopic (exact) mass is 358 g/mol. The van der Waals surface area contributed by atoms with Crippen LogP contribution in [0.1, 0.15) is 17.3 Å². The van der Waals surface area contributed by atoms with Crippen LogP contribution in [0.4, 0.5) is 9.18 Å². The summed E-state index contributed by atoms with van der Waals surface area (Å²) >= 11 is 3.10. The fourth-order valence-electron chi connectivity index (χ4n) is 2.15. The second-order valence-corrected chi connectivity index (χ2v) is 5.37. The zero-order valence-corrected chi connectivity index (χ0v) is 13.2. The number of hydrogen-bond donors (Lipinski definition) is 0. The summed E-state index contributed by atoms with van der Waals surface area (Å²) in [4.78, 5) is 27.1. The van der Waals surface area contributed by atoms with Crippen LogP contribution < -0.4 is 0 Å². The van der Waals surface area contributed by atoms with Gasteiger partial charge in [0.25, 0.3) is 5.91 Å². The van der Waals surface area contributed by atoms with E-state index in [0.717, 1.165) is 0 Å². The van der Waals surface area contributed by atoms with Crippen LogP contribution in [0.25, 0.3) is 0 Å². The van der Waals surface area contributed by atoms with Gasteiger partial charge in [0.1, 0.15) is 5.82 Å². The Kier molecular flexibility index (Phi) is 5.17. The lowest BCUT2D eigenvalue weighted by atomic mass is 10.2. The molecule has 1 aliphatic rings. The van der Waals surface area contributed by atoms with E-state index in [1.165, 1.54) is 12.1 Å². The molecule has 0 aromatic heterocycles. The molecule has 0 atom stereocenters. The first-order valence-electron chi connectivity index (χ1n) is 6.69. The maximum absolute atomic E-state index is 13.5. The molecule has 1 aromatic carbocycles. The maximum atomic E-state index is 13.5. The third-order valence-corrected chi connectivity index (χ3v) is 4.08. The Balaban J connectivity index is 2.00. The number of ether oxygens (including phenoxy) is 1. The summed E-state index contributed by atoms with van der Waals surface area (Å²) < 4.78 is 18.6. The normalized spacial score (nSPS) is 15.0. The molecule has 7 heteroatoms. The highest BCUT2D eigenvalue weighted by Crippen LogP contribution is 2.22. The lowest BCUT2D eigenvalue weighted by Gasteiger charge is -2.34. The van der Waals surface area contributed by atoms with E-state index in [-0.39, 0.29) is 16.5 Å². The predicted molar refractivity (Wildman–Crippen MR) is 78.6 cm³/mol. The minimum atomic E-state index is -0.467. The van der Waals surface area contributed by atoms with Crippen molar-refractivity contribution in [2.75, 3.05) is 32.8 Å². The minimum absolute atomic E-state index is 0.169. The molecule has 1 saturated heterocycles. The van der Waals surface area contributed by atoms with Gasteiger partial charge in [-0.3, -0.25) is 4.79 Å². The molecule has 21 heavy (non-hydrogen) atoms. The lowest BCUT2D eigenvalue weighted by molar-refractivity contribution is 0.0569. The third-order valence-electron chi connectivity index (χ3n) is 3.27. The number of halogens is 2. The highest BCUT2D eigenvalue weighted by molar-refractivity contribution is 9.10. The van der Waals surface area contributed by atoms with Crippen molar-refractivity contribution in [1.82, 2.24) is 9.80 Å². The second-order valence-electron chi connectivity index (χ2n) is 4.58. The quantitative estimate of drug-likeness (QED) is 0.815. The third kappa shape index (κ3) is 3.53. The summed E-state index contributed by atoms with van der Waals surface area (Å²) in [5.41, 5.74) is 0.291. The lowest BCUT2D eigenvalue weighted by Crippen LogP contribution is -2.50. The van der Waals surface area contributed by atoms with E-state index in [0.29, 0.717) is 38.3 Å². The number of benzene rings is 1. The Labute approximate surface area is 130 Å². The van der Waals surface area contributed by atoms with E-state index in [2.05, 4.69) is 15.9 Å². The number of nitrogens with zero attached hydrogens (tertiary/aromatic N) is 2. The first-order valence-corrected chi connectivity index (χ1v) is 7.49. The number of piperazine rings is 1. The average Bonchev–Trinajstić information content (AvgIpc) is 2.50. The van der Waals surface area contributed by atoms with Gasteiger partial charge in [0.05, 0.1) is 16.6 Å². The Bertz CT molecular complexity index is 545. The zero-order chi connectivity index (χ0) is 15.4. The van der Waals surface area contributed by atoms with Crippen LogP contribution in [0.5, 0.6) is 0 Å². The van der Waals surface area contributed by atoms with Crippen molar-refractivity contribution < 1.29 is 18.7 Å². The van der Waals surface area contributed by atoms with E-state index in [1.54, 1.807) is 22.8 Å². The van der Waals surface area contributed by atoms with Crippen LogP contribution >= 0.6 is 15.9 Å². The molecule has 0 spiro atoms. The maximum Gasteiger partial charge on any atom is 0.409 e. The van der Waals surface area contributed by atoms with Crippen LogP contribution in [0.3, 0.4) is 0 Å². The molecule has 1 fully saturated rings. The van der Waals surface area contributed by atoms with Crippen molar-refractivity contribution in [3.63, 3.8) is 0 Å². The highest BCUT2D eigenvalue weighted by Gasteiger charge is 2.26. The van der Waals surface area contributed by atoms with Crippen LogP contribution in [-0.2, 0) is 4.74 Å². The molecule has 0 aliphatic carbocycles. The van der Waals surface area contributed by atoms with Crippen molar-refractivity contribution in [2.24, 2.45) is 0 Å². The SMILES string of the molecule is CCOC(=O)N1CCN(C(=O)c2cccc(F)c2Br)CC1. The first-order chi connectivity index (χ1) is 10.0. The van der Waals surface area contributed by atoms with Gasteiger partial charge >= 0.3 is 6.09 Å². The van der Waals surface area contributed by atoms with Gasteiger partial charge in [0, 0.05) is 26.2 Å². The van der Waals surface area contributed by atoms with Crippen LogP contribution in [0.15, 0.2) is 22.7 Å². The summed E-state index contributed by atoms with van der Waals surface area (Å²) in [6.45, 7) is 3.71. The molecule has 1 aliphatic heterocycles. The van der Waals surface area contributed by atoms with E-state index in [4.69, 9.17) is 4.74 Å². The largest absolute Gasteiger partial charge is 0.450 e. The molecular formula is C14H16BrFN2O3. The van der Waals surface area contributed by atoms with E-state index in [1.807, 2.05) is 0 Å². The van der Waals surface area contributed by atoms with Gasteiger partial charge in [-0.1, -0.05) is 6.07 Å². The van der Waals surface area contributed by atoms with Gasteiger partial charge in [0.15, 0.2) is 0 Å². The topological polar surface area (TPSA) is 49.9 Å². The second kappa shape index (κ2) is 6.89. The smallest absolute Gasteiger partial charge is 0.409 e. The van der Waals surface area contributed by atoms with Crippen molar-refractivity contribution in [3.8, 4) is 0 Å². The van der Waals surface area contributed by atoms with E-state index >= 15 is 0 Å². The predicted octanol–water partition coefficient (Wildman–Crippen LogP) is 2.50. The number of carbonyl (C=O) groups is 2. The number of carbonyl (C=O) groups excluding carboxylic acids is 2. The molecule has 1 aromatic rings. The molecular weight excluding hydrogens is 343 g/mol. The summed E-state index contributed by atoms with van der Waals surface area (Å²) in [5.74, 6) is -0.712. The molecule has 0 unspecified atom stereocenters. The van der Waals surface area contributed by atoms with Crippen molar-refractivity contribution >= 4 is 27.9 Å². The average molecular weight is 359 g/mol. The number of rotatable bonds is 2. The fraction of sp³-hybridized carbons (Fsp3) is 0.429. The van der Waals surface area contributed by atoms with E-state index in [9.17, 15) is 14.0 Å². The zero-order valence-electron chi connectivity index (χ0n) is 11.6. The summed E-state index contributed by atoms with van der Waals surface area (Å²) in [6.07, 6.45) is -0.364. The van der Waals surface area contributed by atoms with Crippen LogP contribution in [-0.4, -0.2) is 54.6 Å². The fourth-order valence-corrected chi connectivity index (χ4v) is 2.58. The first kappa shape index (κ1) is 15.8. The van der Waals surface area contributed by atoms with Gasteiger partial charge in [-0.15, -0.1) is 0 Å². The molecule has 0 saturated carbocycles. The minimum Gasteiger partial charge on any atom is -0.450 e. The standard InChI is InChI=1S/C14H16BrFN2O3/c1-2-21-14(20)18-8-6-17(7-9-18)13(19)10-4-3-5-11(16)12(10)15/h3-5H,2,6-9H2,1H3. The molecule has 0 radical (unpaired) electrons. The highest BCUT2D eigenvalue weighted by atomic mass is 79.9. The van der Waals surface area contributed by atoms with Gasteiger partial charge in [-0.05, 0) is 35.0 Å². The Morgan fingerprint density at radius 2 is 1.86 bits per heavy atom. The molecule has 0 N–H and O–H groups in total. The molecule has 2 amide bonds. The molecule has 2 rings (SSSR count). The summed E-state index contributed by atoms with van der Waals surface area (Å²) in [6, 6.07) is 4.37. The number of hydrogen-bond acceptors (Lipinski definition) is 3. The van der Waals surface area contributed by atoms with Gasteiger partial charge < -0.3 is 14.5 Å². The Morgan fingerprint density at radius 3 is 2.48 bits per heavy atom. The van der Waals surface area contributed by atoms with Crippen molar-refractivity contribution in [1.29, 1.82) is 0 Å². The van der Waals surface area contributed by atoms with E-state index < -0.39 is 5.82 Å². The number of amides is 2. The van der Waals surface area contributed by atoms with Gasteiger partial charge in [-0.2, -0.15) is 0 Å². The summed E-state index contributed by atoms with van der Waals surface area (Å²) in [5, 5.41) is 0. The molecule has 1 heterocycles. The molecule has 5 nitrogen and oxygen atoms in total. The Hall–Kier alpha value is -1.63. The summed E-state index contributed by atoms with van der Waals surface area (Å²) in [7, 11) is 0. The Morgan fingerprint density at radius 1 is 1.24 bits per heavy atom. The van der Waals surface area contributed by atoms with Gasteiger partial charge in [-0.25, -0.2) is 9.18 Å². The molecule has 0 bridgehead atoms. The van der Waals surface area contributed by atoms with Crippen molar-refractivity contribution in [3.05, 3.63) is 34.1 Å². The molecule has 114 valence electrons. The van der Waals surface area contributed by atoms with Crippen LogP contribution in [0.2, 0.25) is 0 Å². The van der Waals surface area contributed by atoms with Crippen LogP contribution in [0, 0.1) is 5.82 Å². The van der Waals surface area contributed by atoms with Gasteiger partial charge in [0.2, 0.25) is 0 Å². The van der Waals surface area contributed by atoms with Crippen molar-refractivity contribution in [2.45, 2.75) is 6.92 Å².